The molecule has 0 aliphatic rings. The molecule has 6 nitrogen and oxygen atoms in total. The smallest absolute Gasteiger partial charge is 0.330 e. The van der Waals surface area contributed by atoms with Gasteiger partial charge in [0.25, 0.3) is 0 Å². The summed E-state index contributed by atoms with van der Waals surface area (Å²) < 4.78 is 15.3. The van der Waals surface area contributed by atoms with Crippen molar-refractivity contribution in [3.05, 3.63) is 12.7 Å². The molecule has 0 aromatic carbocycles. The summed E-state index contributed by atoms with van der Waals surface area (Å²) in [5.74, 6) is -2.22. The van der Waals surface area contributed by atoms with E-state index in [1.807, 2.05) is 0 Å². The molecule has 0 fully saturated rings. The molecule has 0 aromatic heterocycles. The third-order valence-corrected chi connectivity index (χ3v) is 2.86. The van der Waals surface area contributed by atoms with Gasteiger partial charge in [-0.15, -0.1) is 0 Å². The van der Waals surface area contributed by atoms with Gasteiger partial charge in [-0.05, 0) is 34.1 Å². The van der Waals surface area contributed by atoms with Crippen molar-refractivity contribution in [3.8, 4) is 0 Å². The number of carbonyl (C=O) groups excluding carboxylic acids is 3. The number of hydrogen-bond acceptors (Lipinski definition) is 6. The van der Waals surface area contributed by atoms with E-state index in [1.165, 1.54) is 0 Å². The van der Waals surface area contributed by atoms with Gasteiger partial charge in [0.05, 0.1) is 11.8 Å². The fourth-order valence-electron chi connectivity index (χ4n) is 1.75. The van der Waals surface area contributed by atoms with Crippen molar-refractivity contribution >= 4 is 17.9 Å². The number of ether oxygens (including phenoxy) is 3. The van der Waals surface area contributed by atoms with Crippen molar-refractivity contribution in [2.24, 2.45) is 11.8 Å². The standard InChI is InChI=1S/C17H28O6/c1-8-14(18)22-13(4)10-21-15(19)11(2)9-12(3)16(20)23-17(5,6)7/h8,11-13H,1,9-10H2,2-7H3. The molecule has 6 heteroatoms. The lowest BCUT2D eigenvalue weighted by atomic mass is 9.97. The maximum atomic E-state index is 11.9. The molecule has 0 saturated heterocycles. The fourth-order valence-corrected chi connectivity index (χ4v) is 1.75. The summed E-state index contributed by atoms with van der Waals surface area (Å²) >= 11 is 0. The molecule has 0 aliphatic heterocycles. The highest BCUT2D eigenvalue weighted by molar-refractivity contribution is 5.81. The molecule has 0 bridgehead atoms. The summed E-state index contributed by atoms with van der Waals surface area (Å²) in [7, 11) is 0. The Morgan fingerprint density at radius 3 is 2.04 bits per heavy atom. The van der Waals surface area contributed by atoms with Gasteiger partial charge in [0, 0.05) is 6.08 Å². The van der Waals surface area contributed by atoms with Gasteiger partial charge in [0.1, 0.15) is 18.3 Å². The van der Waals surface area contributed by atoms with Crippen LogP contribution in [0, 0.1) is 11.8 Å². The van der Waals surface area contributed by atoms with Crippen LogP contribution in [0.15, 0.2) is 12.7 Å². The van der Waals surface area contributed by atoms with Crippen LogP contribution in [-0.2, 0) is 28.6 Å². The van der Waals surface area contributed by atoms with Crippen LogP contribution >= 0.6 is 0 Å². The predicted molar refractivity (Wildman–Crippen MR) is 85.5 cm³/mol. The maximum Gasteiger partial charge on any atom is 0.330 e. The number of carbonyl (C=O) groups is 3. The quantitative estimate of drug-likeness (QED) is 0.387. The lowest BCUT2D eigenvalue weighted by molar-refractivity contribution is -0.162. The van der Waals surface area contributed by atoms with Crippen molar-refractivity contribution in [1.82, 2.24) is 0 Å². The van der Waals surface area contributed by atoms with Gasteiger partial charge in [-0.1, -0.05) is 20.4 Å². The normalized spacial score (nSPS) is 15.0. The van der Waals surface area contributed by atoms with E-state index >= 15 is 0 Å². The molecule has 0 radical (unpaired) electrons. The first-order valence-electron chi connectivity index (χ1n) is 7.68. The van der Waals surface area contributed by atoms with Crippen LogP contribution in [0.1, 0.15) is 48.0 Å². The highest BCUT2D eigenvalue weighted by atomic mass is 16.6. The first kappa shape index (κ1) is 21.1. The van der Waals surface area contributed by atoms with Gasteiger partial charge in [-0.25, -0.2) is 4.79 Å². The molecule has 0 rings (SSSR count). The third-order valence-electron chi connectivity index (χ3n) is 2.86. The minimum atomic E-state index is -0.569. The van der Waals surface area contributed by atoms with E-state index in [2.05, 4.69) is 6.58 Å². The van der Waals surface area contributed by atoms with Crippen LogP contribution in [0.5, 0.6) is 0 Å². The molecule has 0 aromatic rings. The predicted octanol–water partition coefficient (Wildman–Crippen LogP) is 2.65. The van der Waals surface area contributed by atoms with Gasteiger partial charge in [-0.3, -0.25) is 9.59 Å². The minimum Gasteiger partial charge on any atom is -0.462 e. The Bertz CT molecular complexity index is 435. The molecular formula is C17H28O6. The van der Waals surface area contributed by atoms with E-state index < -0.39 is 35.5 Å². The second-order valence-corrected chi connectivity index (χ2v) is 6.65. The van der Waals surface area contributed by atoms with Crippen molar-refractivity contribution in [3.63, 3.8) is 0 Å². The van der Waals surface area contributed by atoms with Crippen molar-refractivity contribution < 1.29 is 28.6 Å². The van der Waals surface area contributed by atoms with Gasteiger partial charge in [-0.2, -0.15) is 0 Å². The zero-order valence-electron chi connectivity index (χ0n) is 14.9. The highest BCUT2D eigenvalue weighted by Crippen LogP contribution is 2.18. The van der Waals surface area contributed by atoms with Gasteiger partial charge >= 0.3 is 17.9 Å². The number of esters is 3. The Hall–Kier alpha value is -1.85. The lowest BCUT2D eigenvalue weighted by Gasteiger charge is -2.23. The van der Waals surface area contributed by atoms with Crippen LogP contribution < -0.4 is 0 Å². The van der Waals surface area contributed by atoms with E-state index in [-0.39, 0.29) is 12.6 Å². The third kappa shape index (κ3) is 9.71. The molecule has 0 N–H and O–H groups in total. The van der Waals surface area contributed by atoms with Crippen LogP contribution in [0.4, 0.5) is 0 Å². The monoisotopic (exact) mass is 328 g/mol. The average Bonchev–Trinajstić information content (AvgIpc) is 2.42. The summed E-state index contributed by atoms with van der Waals surface area (Å²) in [5, 5.41) is 0. The Morgan fingerprint density at radius 2 is 1.57 bits per heavy atom. The zero-order chi connectivity index (χ0) is 18.2. The first-order chi connectivity index (χ1) is 10.5. The first-order valence-corrected chi connectivity index (χ1v) is 7.68. The summed E-state index contributed by atoms with van der Waals surface area (Å²) in [4.78, 5) is 34.8. The topological polar surface area (TPSA) is 78.9 Å². The van der Waals surface area contributed by atoms with E-state index in [1.54, 1.807) is 41.5 Å². The molecule has 132 valence electrons. The van der Waals surface area contributed by atoms with E-state index in [0.717, 1.165) is 6.08 Å². The van der Waals surface area contributed by atoms with Crippen LogP contribution in [0.3, 0.4) is 0 Å². The van der Waals surface area contributed by atoms with Gasteiger partial charge in [0.2, 0.25) is 0 Å². The van der Waals surface area contributed by atoms with Crippen LogP contribution in [0.2, 0.25) is 0 Å². The van der Waals surface area contributed by atoms with Crippen molar-refractivity contribution in [2.45, 2.75) is 59.7 Å². The number of rotatable bonds is 8. The Morgan fingerprint density at radius 1 is 1.04 bits per heavy atom. The van der Waals surface area contributed by atoms with Gasteiger partial charge in [0.15, 0.2) is 0 Å². The van der Waals surface area contributed by atoms with Crippen LogP contribution in [-0.4, -0.2) is 36.2 Å². The second-order valence-electron chi connectivity index (χ2n) is 6.65. The fraction of sp³-hybridized carbons (Fsp3) is 0.706. The van der Waals surface area contributed by atoms with E-state index in [4.69, 9.17) is 14.2 Å². The van der Waals surface area contributed by atoms with E-state index in [0.29, 0.717) is 6.42 Å². The zero-order valence-corrected chi connectivity index (χ0v) is 14.9. The Kier molecular flexibility index (Phi) is 8.58. The molecule has 0 amide bonds. The molecular weight excluding hydrogens is 300 g/mol. The molecule has 0 saturated carbocycles. The van der Waals surface area contributed by atoms with Crippen molar-refractivity contribution in [1.29, 1.82) is 0 Å². The molecule has 0 spiro atoms. The molecule has 3 unspecified atom stereocenters. The molecule has 0 heterocycles. The molecule has 0 aliphatic carbocycles. The largest absolute Gasteiger partial charge is 0.462 e. The summed E-state index contributed by atoms with van der Waals surface area (Å²) in [6, 6.07) is 0. The number of hydrogen-bond donors (Lipinski definition) is 0. The summed E-state index contributed by atoms with van der Waals surface area (Å²) in [6.45, 7) is 13.6. The molecule has 3 atom stereocenters. The average molecular weight is 328 g/mol. The molecule has 23 heavy (non-hydrogen) atoms. The second kappa shape index (κ2) is 9.33. The SMILES string of the molecule is C=CC(=O)OC(C)COC(=O)C(C)CC(C)C(=O)OC(C)(C)C. The lowest BCUT2D eigenvalue weighted by Crippen LogP contribution is -2.30. The summed E-state index contributed by atoms with van der Waals surface area (Å²) in [6.07, 6.45) is 0.817. The van der Waals surface area contributed by atoms with Crippen molar-refractivity contribution in [2.75, 3.05) is 6.61 Å². The van der Waals surface area contributed by atoms with E-state index in [9.17, 15) is 14.4 Å². The van der Waals surface area contributed by atoms with Gasteiger partial charge < -0.3 is 14.2 Å². The minimum absolute atomic E-state index is 0.0381. The summed E-state index contributed by atoms with van der Waals surface area (Å²) in [5.41, 5.74) is -0.556. The van der Waals surface area contributed by atoms with Crippen LogP contribution in [0.25, 0.3) is 0 Å². The Balaban J connectivity index is 4.27. The highest BCUT2D eigenvalue weighted by Gasteiger charge is 2.26. The maximum absolute atomic E-state index is 11.9. The Labute approximate surface area is 138 Å².